The van der Waals surface area contributed by atoms with Crippen LogP contribution >= 0.6 is 0 Å². The van der Waals surface area contributed by atoms with Crippen molar-refractivity contribution in [1.29, 1.82) is 0 Å². The highest BCUT2D eigenvalue weighted by Crippen LogP contribution is 2.07. The molecule has 0 atom stereocenters. The second-order valence-electron chi connectivity index (χ2n) is 5.44. The van der Waals surface area contributed by atoms with Gasteiger partial charge in [0.25, 0.3) is 0 Å². The number of nitrogens with zero attached hydrogens (tertiary/aromatic N) is 3. The van der Waals surface area contributed by atoms with Gasteiger partial charge in [0.2, 0.25) is 5.91 Å². The lowest BCUT2D eigenvalue weighted by Gasteiger charge is -2.34. The molecular weight excluding hydrogens is 230 g/mol. The van der Waals surface area contributed by atoms with Gasteiger partial charge in [0.15, 0.2) is 0 Å². The molecule has 0 aliphatic carbocycles. The fraction of sp³-hybridized carbons (Fsp3) is 0.917. The Bertz CT molecular complexity index is 244. The summed E-state index contributed by atoms with van der Waals surface area (Å²) in [6, 6.07) is 0.321. The number of carbonyl (C=O) groups is 1. The molecule has 2 aliphatic heterocycles. The molecule has 0 aromatic rings. The SMILES string of the molecule is CN1CCN(NC(=O)CN2CCC(N)CC2)CC1. The van der Waals surface area contributed by atoms with Crippen LogP contribution in [0.2, 0.25) is 0 Å². The molecule has 0 aromatic carbocycles. The summed E-state index contributed by atoms with van der Waals surface area (Å²) in [5.41, 5.74) is 8.84. The molecule has 2 rings (SSSR count). The highest BCUT2D eigenvalue weighted by molar-refractivity contribution is 5.77. The number of hydrogen-bond donors (Lipinski definition) is 2. The minimum atomic E-state index is 0.107. The van der Waals surface area contributed by atoms with Gasteiger partial charge < -0.3 is 10.6 Å². The molecule has 1 amide bonds. The maximum absolute atomic E-state index is 11.9. The highest BCUT2D eigenvalue weighted by atomic mass is 16.2. The van der Waals surface area contributed by atoms with Gasteiger partial charge in [-0.25, -0.2) is 5.01 Å². The van der Waals surface area contributed by atoms with Crippen molar-refractivity contribution in [3.8, 4) is 0 Å². The number of hydrogen-bond acceptors (Lipinski definition) is 5. The Labute approximate surface area is 109 Å². The largest absolute Gasteiger partial charge is 0.328 e. The zero-order valence-corrected chi connectivity index (χ0v) is 11.3. The summed E-state index contributed by atoms with van der Waals surface area (Å²) in [5.74, 6) is 0.107. The molecule has 0 aromatic heterocycles. The summed E-state index contributed by atoms with van der Waals surface area (Å²) in [7, 11) is 2.11. The first-order valence-corrected chi connectivity index (χ1v) is 6.84. The van der Waals surface area contributed by atoms with Crippen molar-refractivity contribution in [2.45, 2.75) is 18.9 Å². The normalized spacial score (nSPS) is 25.2. The van der Waals surface area contributed by atoms with Gasteiger partial charge in [-0.3, -0.25) is 15.1 Å². The molecule has 2 aliphatic rings. The Morgan fingerprint density at radius 2 is 1.78 bits per heavy atom. The van der Waals surface area contributed by atoms with E-state index in [-0.39, 0.29) is 5.91 Å². The van der Waals surface area contributed by atoms with Crippen LogP contribution < -0.4 is 11.2 Å². The zero-order valence-electron chi connectivity index (χ0n) is 11.3. The van der Waals surface area contributed by atoms with E-state index >= 15 is 0 Å². The van der Waals surface area contributed by atoms with Crippen LogP contribution in [-0.2, 0) is 4.79 Å². The minimum Gasteiger partial charge on any atom is -0.328 e. The van der Waals surface area contributed by atoms with Crippen LogP contribution in [0.1, 0.15) is 12.8 Å². The van der Waals surface area contributed by atoms with Crippen molar-refractivity contribution in [2.24, 2.45) is 5.73 Å². The maximum atomic E-state index is 11.9. The molecule has 104 valence electrons. The lowest BCUT2D eigenvalue weighted by molar-refractivity contribution is -0.128. The van der Waals surface area contributed by atoms with Crippen molar-refractivity contribution in [3.05, 3.63) is 0 Å². The maximum Gasteiger partial charge on any atom is 0.248 e. The first-order chi connectivity index (χ1) is 8.63. The Balaban J connectivity index is 1.66. The topological polar surface area (TPSA) is 64.8 Å². The molecule has 6 nitrogen and oxygen atoms in total. The van der Waals surface area contributed by atoms with Crippen molar-refractivity contribution >= 4 is 5.91 Å². The number of rotatable bonds is 3. The summed E-state index contributed by atoms with van der Waals surface area (Å²) in [6.45, 7) is 6.23. The first-order valence-electron chi connectivity index (χ1n) is 6.84. The van der Waals surface area contributed by atoms with E-state index in [0.717, 1.165) is 52.1 Å². The fourth-order valence-electron chi connectivity index (χ4n) is 2.44. The van der Waals surface area contributed by atoms with Gasteiger partial charge in [0.05, 0.1) is 6.54 Å². The van der Waals surface area contributed by atoms with Crippen molar-refractivity contribution < 1.29 is 4.79 Å². The van der Waals surface area contributed by atoms with Crippen molar-refractivity contribution in [2.75, 3.05) is 52.9 Å². The lowest BCUT2D eigenvalue weighted by atomic mass is 10.1. The van der Waals surface area contributed by atoms with E-state index in [2.05, 4.69) is 22.3 Å². The van der Waals surface area contributed by atoms with Crippen LogP contribution in [0.25, 0.3) is 0 Å². The van der Waals surface area contributed by atoms with Gasteiger partial charge in [0, 0.05) is 45.3 Å². The number of nitrogens with one attached hydrogen (secondary N) is 1. The molecule has 3 N–H and O–H groups in total. The molecule has 0 unspecified atom stereocenters. The number of likely N-dealkylation sites (tertiary alicyclic amines) is 1. The van der Waals surface area contributed by atoms with Gasteiger partial charge in [0.1, 0.15) is 0 Å². The number of piperidine rings is 1. The smallest absolute Gasteiger partial charge is 0.248 e. The van der Waals surface area contributed by atoms with Crippen LogP contribution in [0, 0.1) is 0 Å². The van der Waals surface area contributed by atoms with Gasteiger partial charge in [-0.15, -0.1) is 0 Å². The average molecular weight is 255 g/mol. The third kappa shape index (κ3) is 4.20. The summed E-state index contributed by atoms with van der Waals surface area (Å²) in [5, 5.41) is 2.03. The van der Waals surface area contributed by atoms with E-state index < -0.39 is 0 Å². The van der Waals surface area contributed by atoms with E-state index in [0.29, 0.717) is 12.6 Å². The Hall–Kier alpha value is -0.690. The second kappa shape index (κ2) is 6.47. The molecule has 6 heteroatoms. The third-order valence-corrected chi connectivity index (χ3v) is 3.79. The summed E-state index contributed by atoms with van der Waals surface area (Å²) in [6.07, 6.45) is 2.00. The number of amides is 1. The van der Waals surface area contributed by atoms with Crippen LogP contribution in [0.3, 0.4) is 0 Å². The van der Waals surface area contributed by atoms with Crippen LogP contribution in [0.4, 0.5) is 0 Å². The van der Waals surface area contributed by atoms with Gasteiger partial charge in [-0.2, -0.15) is 0 Å². The molecule has 2 heterocycles. The van der Waals surface area contributed by atoms with Crippen LogP contribution in [0.15, 0.2) is 0 Å². The average Bonchev–Trinajstić information content (AvgIpc) is 2.35. The van der Waals surface area contributed by atoms with E-state index in [4.69, 9.17) is 5.73 Å². The highest BCUT2D eigenvalue weighted by Gasteiger charge is 2.20. The molecule has 2 fully saturated rings. The molecular formula is C12H25N5O. The number of nitrogens with two attached hydrogens (primary N) is 1. The van der Waals surface area contributed by atoms with Crippen molar-refractivity contribution in [1.82, 2.24) is 20.2 Å². The molecule has 0 saturated carbocycles. The zero-order chi connectivity index (χ0) is 13.0. The first kappa shape index (κ1) is 13.7. The third-order valence-electron chi connectivity index (χ3n) is 3.79. The van der Waals surface area contributed by atoms with Gasteiger partial charge in [-0.1, -0.05) is 0 Å². The van der Waals surface area contributed by atoms with Crippen LogP contribution in [0.5, 0.6) is 0 Å². The Morgan fingerprint density at radius 3 is 2.39 bits per heavy atom. The molecule has 0 bridgehead atoms. The lowest BCUT2D eigenvalue weighted by Crippen LogP contribution is -2.54. The van der Waals surface area contributed by atoms with Crippen molar-refractivity contribution in [3.63, 3.8) is 0 Å². The predicted molar refractivity (Wildman–Crippen MR) is 70.9 cm³/mol. The second-order valence-corrected chi connectivity index (χ2v) is 5.44. The summed E-state index contributed by atoms with van der Waals surface area (Å²) >= 11 is 0. The Morgan fingerprint density at radius 1 is 1.17 bits per heavy atom. The molecule has 18 heavy (non-hydrogen) atoms. The number of piperazine rings is 1. The molecule has 2 saturated heterocycles. The van der Waals surface area contributed by atoms with E-state index in [9.17, 15) is 4.79 Å². The standard InChI is InChI=1S/C12H25N5O/c1-15-6-8-17(9-7-15)14-12(18)10-16-4-2-11(13)3-5-16/h11H,2-10,13H2,1H3,(H,14,18). The molecule has 0 spiro atoms. The predicted octanol–water partition coefficient (Wildman–Crippen LogP) is -1.31. The van der Waals surface area contributed by atoms with Gasteiger partial charge >= 0.3 is 0 Å². The minimum absolute atomic E-state index is 0.107. The van der Waals surface area contributed by atoms with E-state index in [1.807, 2.05) is 5.01 Å². The summed E-state index contributed by atoms with van der Waals surface area (Å²) < 4.78 is 0. The number of carbonyl (C=O) groups excluding carboxylic acids is 1. The quantitative estimate of drug-likeness (QED) is 0.655. The van der Waals surface area contributed by atoms with E-state index in [1.165, 1.54) is 0 Å². The monoisotopic (exact) mass is 255 g/mol. The number of hydrazine groups is 1. The molecule has 0 radical (unpaired) electrons. The Kier molecular flexibility index (Phi) is 4.94. The fourth-order valence-corrected chi connectivity index (χ4v) is 2.44. The van der Waals surface area contributed by atoms with Crippen LogP contribution in [-0.4, -0.2) is 79.6 Å². The van der Waals surface area contributed by atoms with E-state index in [1.54, 1.807) is 0 Å². The summed E-state index contributed by atoms with van der Waals surface area (Å²) in [4.78, 5) is 16.4. The van der Waals surface area contributed by atoms with Gasteiger partial charge in [-0.05, 0) is 19.9 Å². The number of likely N-dealkylation sites (N-methyl/N-ethyl adjacent to an activating group) is 1.